The molecular weight excluding hydrogens is 266 g/mol. The Labute approximate surface area is 104 Å². The standard InChI is InChI=1S/C12H14BrN3/c1-8-6-16(7-11(8)15)12-3-2-9(5-14)4-10(12)13/h2-4,8,11H,6-7,15H2,1H3. The molecule has 16 heavy (non-hydrogen) atoms. The molecule has 1 aromatic rings. The molecule has 1 fully saturated rings. The topological polar surface area (TPSA) is 53.0 Å². The van der Waals surface area contributed by atoms with E-state index in [0.717, 1.165) is 23.2 Å². The van der Waals surface area contributed by atoms with Crippen LogP contribution in [0.4, 0.5) is 5.69 Å². The van der Waals surface area contributed by atoms with E-state index in [9.17, 15) is 0 Å². The molecule has 0 saturated carbocycles. The van der Waals surface area contributed by atoms with Crippen LogP contribution in [-0.4, -0.2) is 19.1 Å². The minimum Gasteiger partial charge on any atom is -0.369 e. The van der Waals surface area contributed by atoms with Crippen molar-refractivity contribution in [2.75, 3.05) is 18.0 Å². The van der Waals surface area contributed by atoms with E-state index in [1.54, 1.807) is 0 Å². The van der Waals surface area contributed by atoms with Gasteiger partial charge in [-0.15, -0.1) is 0 Å². The summed E-state index contributed by atoms with van der Waals surface area (Å²) in [5, 5.41) is 8.80. The zero-order valence-electron chi connectivity index (χ0n) is 9.15. The first-order valence-corrected chi connectivity index (χ1v) is 6.11. The zero-order valence-corrected chi connectivity index (χ0v) is 10.7. The van der Waals surface area contributed by atoms with E-state index in [4.69, 9.17) is 11.0 Å². The van der Waals surface area contributed by atoms with Gasteiger partial charge in [0.2, 0.25) is 0 Å². The summed E-state index contributed by atoms with van der Waals surface area (Å²) in [6, 6.07) is 8.04. The molecule has 0 aromatic heterocycles. The van der Waals surface area contributed by atoms with Crippen LogP contribution in [0.5, 0.6) is 0 Å². The average molecular weight is 280 g/mol. The molecule has 2 unspecified atom stereocenters. The molecule has 1 saturated heterocycles. The molecule has 0 radical (unpaired) electrons. The van der Waals surface area contributed by atoms with Crippen LogP contribution in [0.3, 0.4) is 0 Å². The molecule has 1 aliphatic rings. The predicted molar refractivity (Wildman–Crippen MR) is 68.2 cm³/mol. The zero-order chi connectivity index (χ0) is 11.7. The van der Waals surface area contributed by atoms with Crippen LogP contribution >= 0.6 is 15.9 Å². The Balaban J connectivity index is 2.26. The molecule has 84 valence electrons. The minimum absolute atomic E-state index is 0.238. The third-order valence-electron chi connectivity index (χ3n) is 3.09. The van der Waals surface area contributed by atoms with Gasteiger partial charge >= 0.3 is 0 Å². The van der Waals surface area contributed by atoms with Gasteiger partial charge in [-0.05, 0) is 40.0 Å². The smallest absolute Gasteiger partial charge is 0.0992 e. The molecule has 1 aliphatic heterocycles. The molecule has 0 bridgehead atoms. The van der Waals surface area contributed by atoms with Crippen molar-refractivity contribution < 1.29 is 0 Å². The molecule has 0 aliphatic carbocycles. The Morgan fingerprint density at radius 2 is 2.25 bits per heavy atom. The molecule has 2 N–H and O–H groups in total. The second-order valence-electron chi connectivity index (χ2n) is 4.32. The summed E-state index contributed by atoms with van der Waals surface area (Å²) in [6.07, 6.45) is 0. The van der Waals surface area contributed by atoms with Crippen LogP contribution in [-0.2, 0) is 0 Å². The first-order chi connectivity index (χ1) is 7.61. The fraction of sp³-hybridized carbons (Fsp3) is 0.417. The number of anilines is 1. The lowest BCUT2D eigenvalue weighted by molar-refractivity contribution is 0.566. The van der Waals surface area contributed by atoms with E-state index in [1.165, 1.54) is 0 Å². The summed E-state index contributed by atoms with van der Waals surface area (Å²) in [4.78, 5) is 2.26. The summed E-state index contributed by atoms with van der Waals surface area (Å²) >= 11 is 3.50. The van der Waals surface area contributed by atoms with Gasteiger partial charge in [0.25, 0.3) is 0 Å². The Morgan fingerprint density at radius 1 is 1.50 bits per heavy atom. The van der Waals surface area contributed by atoms with Crippen LogP contribution in [0.1, 0.15) is 12.5 Å². The number of benzene rings is 1. The van der Waals surface area contributed by atoms with Crippen molar-refractivity contribution in [1.29, 1.82) is 5.26 Å². The molecule has 4 heteroatoms. The lowest BCUT2D eigenvalue weighted by Gasteiger charge is -2.19. The number of nitrogens with two attached hydrogens (primary N) is 1. The van der Waals surface area contributed by atoms with Crippen molar-refractivity contribution in [3.63, 3.8) is 0 Å². The average Bonchev–Trinajstić information content (AvgIpc) is 2.58. The van der Waals surface area contributed by atoms with Gasteiger partial charge in [0, 0.05) is 23.6 Å². The highest BCUT2D eigenvalue weighted by Gasteiger charge is 2.27. The lowest BCUT2D eigenvalue weighted by atomic mass is 10.1. The van der Waals surface area contributed by atoms with E-state index >= 15 is 0 Å². The van der Waals surface area contributed by atoms with Crippen molar-refractivity contribution in [2.45, 2.75) is 13.0 Å². The molecule has 2 atom stereocenters. The largest absolute Gasteiger partial charge is 0.369 e. The number of hydrogen-bond acceptors (Lipinski definition) is 3. The fourth-order valence-electron chi connectivity index (χ4n) is 2.02. The summed E-state index contributed by atoms with van der Waals surface area (Å²) in [6.45, 7) is 4.03. The third-order valence-corrected chi connectivity index (χ3v) is 3.72. The minimum atomic E-state index is 0.238. The van der Waals surface area contributed by atoms with Crippen LogP contribution < -0.4 is 10.6 Å². The maximum Gasteiger partial charge on any atom is 0.0992 e. The Hall–Kier alpha value is -1.05. The van der Waals surface area contributed by atoms with Crippen LogP contribution in [0.25, 0.3) is 0 Å². The fourth-order valence-corrected chi connectivity index (χ4v) is 2.65. The Bertz CT molecular complexity index is 428. The molecule has 1 aromatic carbocycles. The molecule has 1 heterocycles. The second-order valence-corrected chi connectivity index (χ2v) is 5.18. The van der Waals surface area contributed by atoms with Crippen molar-refractivity contribution in [1.82, 2.24) is 0 Å². The van der Waals surface area contributed by atoms with Crippen molar-refractivity contribution in [3.8, 4) is 6.07 Å². The molecule has 0 spiro atoms. The predicted octanol–water partition coefficient (Wildman–Crippen LogP) is 2.10. The van der Waals surface area contributed by atoms with Gasteiger partial charge in [0.1, 0.15) is 0 Å². The number of rotatable bonds is 1. The van der Waals surface area contributed by atoms with E-state index < -0.39 is 0 Å². The Kier molecular flexibility index (Phi) is 3.17. The van der Waals surface area contributed by atoms with Crippen molar-refractivity contribution in [3.05, 3.63) is 28.2 Å². The SMILES string of the molecule is CC1CN(c2ccc(C#N)cc2Br)CC1N. The first-order valence-electron chi connectivity index (χ1n) is 5.32. The van der Waals surface area contributed by atoms with E-state index in [2.05, 4.69) is 33.8 Å². The van der Waals surface area contributed by atoms with E-state index in [0.29, 0.717) is 11.5 Å². The normalized spacial score (nSPS) is 24.5. The first kappa shape index (κ1) is 11.4. The van der Waals surface area contributed by atoms with Gasteiger partial charge in [-0.1, -0.05) is 6.92 Å². The monoisotopic (exact) mass is 279 g/mol. The van der Waals surface area contributed by atoms with Crippen molar-refractivity contribution >= 4 is 21.6 Å². The lowest BCUT2D eigenvalue weighted by Crippen LogP contribution is -2.28. The van der Waals surface area contributed by atoms with Gasteiger partial charge < -0.3 is 10.6 Å². The molecule has 3 nitrogen and oxygen atoms in total. The quantitative estimate of drug-likeness (QED) is 0.857. The summed E-state index contributed by atoms with van der Waals surface area (Å²) in [5.41, 5.74) is 7.80. The molecule has 2 rings (SSSR count). The highest BCUT2D eigenvalue weighted by atomic mass is 79.9. The Morgan fingerprint density at radius 3 is 2.75 bits per heavy atom. The molecule has 0 amide bonds. The highest BCUT2D eigenvalue weighted by molar-refractivity contribution is 9.10. The van der Waals surface area contributed by atoms with Gasteiger partial charge in [-0.25, -0.2) is 0 Å². The number of nitrogens with zero attached hydrogens (tertiary/aromatic N) is 2. The van der Waals surface area contributed by atoms with Crippen LogP contribution in [0.15, 0.2) is 22.7 Å². The highest BCUT2D eigenvalue weighted by Crippen LogP contribution is 2.30. The van der Waals surface area contributed by atoms with Gasteiger partial charge in [-0.3, -0.25) is 0 Å². The van der Waals surface area contributed by atoms with Crippen molar-refractivity contribution in [2.24, 2.45) is 11.7 Å². The number of nitriles is 1. The van der Waals surface area contributed by atoms with Crippen LogP contribution in [0.2, 0.25) is 0 Å². The summed E-state index contributed by atoms with van der Waals surface area (Å²) in [5.74, 6) is 0.516. The van der Waals surface area contributed by atoms with E-state index in [-0.39, 0.29) is 6.04 Å². The number of halogens is 1. The third kappa shape index (κ3) is 2.06. The van der Waals surface area contributed by atoms with E-state index in [1.807, 2.05) is 18.2 Å². The summed E-state index contributed by atoms with van der Waals surface area (Å²) < 4.78 is 0.966. The van der Waals surface area contributed by atoms with Crippen LogP contribution in [0, 0.1) is 17.2 Å². The second kappa shape index (κ2) is 4.44. The maximum absolute atomic E-state index is 8.80. The number of hydrogen-bond donors (Lipinski definition) is 1. The van der Waals surface area contributed by atoms with Gasteiger partial charge in [0.15, 0.2) is 0 Å². The molecular formula is C12H14BrN3. The maximum atomic E-state index is 8.80. The summed E-state index contributed by atoms with van der Waals surface area (Å²) in [7, 11) is 0. The van der Waals surface area contributed by atoms with Gasteiger partial charge in [0.05, 0.1) is 17.3 Å². The van der Waals surface area contributed by atoms with Gasteiger partial charge in [-0.2, -0.15) is 5.26 Å².